The number of para-hydroxylation sites is 1. The van der Waals surface area contributed by atoms with Gasteiger partial charge in [0.1, 0.15) is 0 Å². The molecule has 0 unspecified atom stereocenters. The van der Waals surface area contributed by atoms with Crippen molar-refractivity contribution in [2.75, 3.05) is 0 Å². The second kappa shape index (κ2) is 21.7. The molecule has 0 atom stereocenters. The highest BCUT2D eigenvalue weighted by Crippen LogP contribution is 2.45. The second-order valence-electron chi connectivity index (χ2n) is 24.5. The Bertz CT molecular complexity index is 4930. The molecule has 0 aliphatic carbocycles. The van der Waals surface area contributed by atoms with Crippen LogP contribution in [0.1, 0.15) is 44.5 Å². The van der Waals surface area contributed by atoms with Crippen LogP contribution >= 0.6 is 0 Å². The standard InChI is InChI=1S/C84H66N4/c1-51-33-52(2)38-66(37-51)61-24-29-79-72(45-61)73-46-62(67-39-53(3)34-54(4)40-67)25-30-80(73)87(79)78-22-16-15-21-70(78)71-28-23-65(77-50-76(59-17-11-9-12-18-59)85-84(86-77)60-19-13-10-14-20-60)49-83(71)88-81-31-26-63(68-41-55(5)35-56(6)42-68)47-74(81)75-48-64(27-32-82(75)88)69-43-57(7)36-58(8)44-69/h9-50H,1-8H3. The monoisotopic (exact) mass is 1130 g/mol. The second-order valence-corrected chi connectivity index (χ2v) is 24.5. The lowest BCUT2D eigenvalue weighted by atomic mass is 9.97. The van der Waals surface area contributed by atoms with E-state index in [0.29, 0.717) is 5.82 Å². The molecule has 0 radical (unpaired) electrons. The van der Waals surface area contributed by atoms with Crippen LogP contribution in [0.3, 0.4) is 0 Å². The van der Waals surface area contributed by atoms with Gasteiger partial charge in [-0.1, -0.05) is 233 Å². The van der Waals surface area contributed by atoms with Crippen LogP contribution in [0, 0.1) is 55.4 Å². The molecule has 0 spiro atoms. The summed E-state index contributed by atoms with van der Waals surface area (Å²) in [5, 5.41) is 4.78. The molecule has 3 aromatic heterocycles. The summed E-state index contributed by atoms with van der Waals surface area (Å²) in [6.45, 7) is 17.5. The number of hydrogen-bond donors (Lipinski definition) is 0. The fourth-order valence-electron chi connectivity index (χ4n) is 13.9. The molecule has 0 aliphatic heterocycles. The summed E-state index contributed by atoms with van der Waals surface area (Å²) in [7, 11) is 0. The maximum Gasteiger partial charge on any atom is 0.160 e. The van der Waals surface area contributed by atoms with Gasteiger partial charge in [-0.05, 0) is 167 Å². The summed E-state index contributed by atoms with van der Waals surface area (Å²) in [6.07, 6.45) is 0. The van der Waals surface area contributed by atoms with Crippen molar-refractivity contribution in [2.24, 2.45) is 0 Å². The first kappa shape index (κ1) is 54.0. The molecule has 15 rings (SSSR count). The van der Waals surface area contributed by atoms with Crippen LogP contribution < -0.4 is 0 Å². The number of rotatable bonds is 10. The van der Waals surface area contributed by atoms with E-state index < -0.39 is 0 Å². The Hall–Kier alpha value is -10.7. The Balaban J connectivity index is 1.02. The van der Waals surface area contributed by atoms with E-state index in [9.17, 15) is 0 Å². The maximum atomic E-state index is 5.45. The van der Waals surface area contributed by atoms with Gasteiger partial charge in [-0.25, -0.2) is 9.97 Å². The minimum absolute atomic E-state index is 0.676. The van der Waals surface area contributed by atoms with Gasteiger partial charge in [0.15, 0.2) is 5.82 Å². The molecule has 422 valence electrons. The van der Waals surface area contributed by atoms with E-state index in [1.807, 2.05) is 6.07 Å². The third kappa shape index (κ3) is 9.87. The Labute approximate surface area is 515 Å². The van der Waals surface area contributed by atoms with Gasteiger partial charge >= 0.3 is 0 Å². The molecule has 0 saturated carbocycles. The number of aromatic nitrogens is 4. The summed E-state index contributed by atoms with van der Waals surface area (Å²) in [4.78, 5) is 10.7. The van der Waals surface area contributed by atoms with Gasteiger partial charge in [-0.15, -0.1) is 0 Å². The average Bonchev–Trinajstić information content (AvgIpc) is 2.90. The van der Waals surface area contributed by atoms with Crippen LogP contribution in [0.4, 0.5) is 0 Å². The topological polar surface area (TPSA) is 35.6 Å². The number of benzene rings is 12. The van der Waals surface area contributed by atoms with Crippen molar-refractivity contribution in [3.05, 3.63) is 299 Å². The molecule has 0 aliphatic rings. The van der Waals surface area contributed by atoms with Crippen LogP contribution in [0.5, 0.6) is 0 Å². The van der Waals surface area contributed by atoms with Gasteiger partial charge in [0.2, 0.25) is 0 Å². The average molecular weight is 1130 g/mol. The van der Waals surface area contributed by atoms with E-state index in [1.165, 1.54) is 111 Å². The molecule has 12 aromatic carbocycles. The summed E-state index contributed by atoms with van der Waals surface area (Å²) < 4.78 is 5.03. The van der Waals surface area contributed by atoms with Crippen molar-refractivity contribution < 1.29 is 0 Å². The van der Waals surface area contributed by atoms with Gasteiger partial charge in [0, 0.05) is 49.4 Å². The number of aryl methyl sites for hydroxylation is 8. The molecule has 3 heterocycles. The van der Waals surface area contributed by atoms with E-state index in [2.05, 4.69) is 313 Å². The van der Waals surface area contributed by atoms with Crippen LogP contribution in [0.15, 0.2) is 255 Å². The van der Waals surface area contributed by atoms with Crippen molar-refractivity contribution in [3.63, 3.8) is 0 Å². The highest BCUT2D eigenvalue weighted by atomic mass is 15.0. The smallest absolute Gasteiger partial charge is 0.160 e. The third-order valence-electron chi connectivity index (χ3n) is 17.5. The zero-order valence-electron chi connectivity index (χ0n) is 51.0. The number of nitrogens with zero attached hydrogens (tertiary/aromatic N) is 4. The normalized spacial score (nSPS) is 11.6. The van der Waals surface area contributed by atoms with Crippen LogP contribution in [0.25, 0.3) is 145 Å². The minimum Gasteiger partial charge on any atom is -0.309 e. The quantitative estimate of drug-likeness (QED) is 0.137. The van der Waals surface area contributed by atoms with Gasteiger partial charge in [0.25, 0.3) is 0 Å². The predicted octanol–water partition coefficient (Wildman–Crippen LogP) is 22.5. The lowest BCUT2D eigenvalue weighted by molar-refractivity contribution is 1.15. The molecular weight excluding hydrogens is 1060 g/mol. The molecular formula is C84H66N4. The van der Waals surface area contributed by atoms with Crippen molar-refractivity contribution in [3.8, 4) is 101 Å². The van der Waals surface area contributed by atoms with E-state index in [0.717, 1.165) is 72.6 Å². The molecule has 4 nitrogen and oxygen atoms in total. The van der Waals surface area contributed by atoms with Crippen LogP contribution in [-0.2, 0) is 0 Å². The van der Waals surface area contributed by atoms with E-state index in [1.54, 1.807) is 0 Å². The van der Waals surface area contributed by atoms with Crippen LogP contribution in [0.2, 0.25) is 0 Å². The van der Waals surface area contributed by atoms with Crippen molar-refractivity contribution in [1.29, 1.82) is 0 Å². The van der Waals surface area contributed by atoms with E-state index >= 15 is 0 Å². The Morgan fingerprint density at radius 2 is 0.534 bits per heavy atom. The van der Waals surface area contributed by atoms with Gasteiger partial charge in [0.05, 0.1) is 44.8 Å². The third-order valence-corrected chi connectivity index (χ3v) is 17.5. The Kier molecular flexibility index (Phi) is 13.3. The first-order valence-corrected chi connectivity index (χ1v) is 30.6. The fraction of sp³-hybridized carbons (Fsp3) is 0.0952. The van der Waals surface area contributed by atoms with E-state index in [4.69, 9.17) is 9.97 Å². The summed E-state index contributed by atoms with van der Waals surface area (Å²) in [5.74, 6) is 0.676. The summed E-state index contributed by atoms with van der Waals surface area (Å²) in [6, 6.07) is 94.8. The van der Waals surface area contributed by atoms with Crippen molar-refractivity contribution in [1.82, 2.24) is 19.1 Å². The number of fused-ring (bicyclic) bond motifs is 6. The largest absolute Gasteiger partial charge is 0.309 e. The summed E-state index contributed by atoms with van der Waals surface area (Å²) >= 11 is 0. The Morgan fingerprint density at radius 3 is 0.932 bits per heavy atom. The molecule has 0 fully saturated rings. The molecule has 88 heavy (non-hydrogen) atoms. The highest BCUT2D eigenvalue weighted by Gasteiger charge is 2.24. The number of hydrogen-bond acceptors (Lipinski definition) is 2. The molecule has 0 amide bonds. The first-order chi connectivity index (χ1) is 42.8. The zero-order valence-corrected chi connectivity index (χ0v) is 51.0. The predicted molar refractivity (Wildman–Crippen MR) is 372 cm³/mol. The van der Waals surface area contributed by atoms with Gasteiger partial charge < -0.3 is 9.13 Å². The SMILES string of the molecule is Cc1cc(C)cc(-c2ccc3c(c2)c2cc(-c4cc(C)cc(C)c4)ccc2n3-c2ccccc2-c2ccc(-c3cc(-c4ccccc4)nc(-c4ccccc4)n3)cc2-n2c3ccc(-c4cc(C)cc(C)c4)cc3c3cc(-c4cc(C)cc(C)c4)ccc32)c1. The van der Waals surface area contributed by atoms with Crippen molar-refractivity contribution >= 4 is 43.6 Å². The molecule has 0 N–H and O–H groups in total. The lowest BCUT2D eigenvalue weighted by Gasteiger charge is -2.20. The van der Waals surface area contributed by atoms with E-state index in [-0.39, 0.29) is 0 Å². The van der Waals surface area contributed by atoms with Crippen molar-refractivity contribution in [2.45, 2.75) is 55.4 Å². The Morgan fingerprint density at radius 1 is 0.216 bits per heavy atom. The molecule has 0 bridgehead atoms. The highest BCUT2D eigenvalue weighted by molar-refractivity contribution is 6.14. The van der Waals surface area contributed by atoms with Gasteiger partial charge in [-0.3, -0.25) is 0 Å². The molecule has 15 aromatic rings. The fourth-order valence-corrected chi connectivity index (χ4v) is 13.9. The minimum atomic E-state index is 0.676. The maximum absolute atomic E-state index is 5.45. The molecule has 4 heteroatoms. The first-order valence-electron chi connectivity index (χ1n) is 30.6. The lowest BCUT2D eigenvalue weighted by Crippen LogP contribution is -2.02. The van der Waals surface area contributed by atoms with Gasteiger partial charge in [-0.2, -0.15) is 0 Å². The summed E-state index contributed by atoms with van der Waals surface area (Å²) in [5.41, 5.74) is 33.2. The molecule has 0 saturated heterocycles. The zero-order chi connectivity index (χ0) is 59.9. The van der Waals surface area contributed by atoms with Crippen LogP contribution in [-0.4, -0.2) is 19.1 Å².